The Bertz CT molecular complexity index is 998. The molecule has 0 bridgehead atoms. The molecule has 0 saturated heterocycles. The molecule has 0 saturated carbocycles. The molecule has 7 heteroatoms. The molecule has 0 spiro atoms. The zero-order valence-electron chi connectivity index (χ0n) is 14.6. The molecule has 1 aliphatic rings. The van der Waals surface area contributed by atoms with Gasteiger partial charge in [0.15, 0.2) is 17.9 Å². The van der Waals surface area contributed by atoms with E-state index in [0.29, 0.717) is 28.4 Å². The van der Waals surface area contributed by atoms with Crippen molar-refractivity contribution in [2.75, 3.05) is 10.6 Å². The molecule has 7 nitrogen and oxygen atoms in total. The van der Waals surface area contributed by atoms with Crippen LogP contribution in [-0.4, -0.2) is 22.9 Å². The summed E-state index contributed by atoms with van der Waals surface area (Å²) in [5, 5.41) is 5.64. The molecule has 1 atom stereocenters. The number of ether oxygens (including phenoxy) is 1. The smallest absolute Gasteiger partial charge is 0.259 e. The highest BCUT2D eigenvalue weighted by Crippen LogP contribution is 2.33. The van der Waals surface area contributed by atoms with Crippen molar-refractivity contribution >= 4 is 23.2 Å². The van der Waals surface area contributed by atoms with Crippen molar-refractivity contribution in [1.82, 2.24) is 4.98 Å². The largest absolute Gasteiger partial charge is 0.487 e. The summed E-state index contributed by atoms with van der Waals surface area (Å²) in [5.74, 6) is 0.516. The van der Waals surface area contributed by atoms with E-state index >= 15 is 0 Å². The first-order valence-corrected chi connectivity index (χ1v) is 8.50. The fourth-order valence-corrected chi connectivity index (χ4v) is 2.95. The van der Waals surface area contributed by atoms with Gasteiger partial charge in [0.1, 0.15) is 6.10 Å². The Morgan fingerprint density at radius 2 is 2.11 bits per heavy atom. The number of hydrogen-bond acceptors (Lipinski definition) is 5. The molecule has 1 aromatic heterocycles. The van der Waals surface area contributed by atoms with Crippen LogP contribution in [0.3, 0.4) is 0 Å². The summed E-state index contributed by atoms with van der Waals surface area (Å²) in [6.07, 6.45) is 2.87. The van der Waals surface area contributed by atoms with E-state index in [1.54, 1.807) is 43.5 Å². The molecule has 2 N–H and O–H groups in total. The number of fused-ring (bicyclic) bond motifs is 1. The number of hydrogen-bond donors (Lipinski definition) is 2. The summed E-state index contributed by atoms with van der Waals surface area (Å²) >= 11 is 0. The number of oxazole rings is 1. The minimum absolute atomic E-state index is 0.140. The van der Waals surface area contributed by atoms with Crippen LogP contribution in [0.15, 0.2) is 59.5 Å². The number of nitrogens with one attached hydrogen (secondary N) is 2. The lowest BCUT2D eigenvalue weighted by Gasteiger charge is -2.15. The Morgan fingerprint density at radius 1 is 1.26 bits per heavy atom. The standard InChI is InChI=1S/C20H17N3O4/c1-12-8-18(24)23-16-7-3-6-15(19(16)27-12)20(25)22-14-5-2-4-13(9-14)17-10-21-11-26-17/h2-7,9-12H,8H2,1H3,(H,22,25)(H,23,24). The average Bonchev–Trinajstić information content (AvgIpc) is 3.13. The van der Waals surface area contributed by atoms with E-state index in [1.807, 2.05) is 12.1 Å². The van der Waals surface area contributed by atoms with Crippen LogP contribution in [0.25, 0.3) is 11.3 Å². The normalized spacial score (nSPS) is 15.9. The predicted octanol–water partition coefficient (Wildman–Crippen LogP) is 3.70. The van der Waals surface area contributed by atoms with E-state index < -0.39 is 0 Å². The van der Waals surface area contributed by atoms with Gasteiger partial charge in [0, 0.05) is 11.3 Å². The second kappa shape index (κ2) is 6.95. The number of nitrogens with zero attached hydrogens (tertiary/aromatic N) is 1. The SMILES string of the molecule is CC1CC(=O)Nc2cccc(C(=O)Nc3cccc(-c4cnco4)c3)c2O1. The van der Waals surface area contributed by atoms with Crippen molar-refractivity contribution in [2.45, 2.75) is 19.4 Å². The van der Waals surface area contributed by atoms with Gasteiger partial charge in [0.2, 0.25) is 5.91 Å². The first-order valence-electron chi connectivity index (χ1n) is 8.50. The van der Waals surface area contributed by atoms with Gasteiger partial charge in [-0.15, -0.1) is 0 Å². The Hall–Kier alpha value is -3.61. The highest BCUT2D eigenvalue weighted by Gasteiger charge is 2.24. The van der Waals surface area contributed by atoms with Crippen LogP contribution in [0.4, 0.5) is 11.4 Å². The monoisotopic (exact) mass is 363 g/mol. The molecular formula is C20H17N3O4. The lowest BCUT2D eigenvalue weighted by atomic mass is 10.1. The number of rotatable bonds is 3. The summed E-state index contributed by atoms with van der Waals surface area (Å²) < 4.78 is 11.1. The van der Waals surface area contributed by atoms with Gasteiger partial charge < -0.3 is 19.8 Å². The predicted molar refractivity (Wildman–Crippen MR) is 99.7 cm³/mol. The molecule has 2 amide bonds. The van der Waals surface area contributed by atoms with Crippen LogP contribution in [0.5, 0.6) is 5.75 Å². The van der Waals surface area contributed by atoms with Crippen LogP contribution < -0.4 is 15.4 Å². The average molecular weight is 363 g/mol. The molecule has 0 aliphatic carbocycles. The second-order valence-electron chi connectivity index (χ2n) is 6.26. The number of benzene rings is 2. The van der Waals surface area contributed by atoms with Gasteiger partial charge in [0.25, 0.3) is 5.91 Å². The first-order chi connectivity index (χ1) is 13.1. The highest BCUT2D eigenvalue weighted by molar-refractivity contribution is 6.08. The Kier molecular flexibility index (Phi) is 4.33. The minimum Gasteiger partial charge on any atom is -0.487 e. The maximum Gasteiger partial charge on any atom is 0.259 e. The summed E-state index contributed by atoms with van der Waals surface area (Å²) in [5.41, 5.74) is 2.26. The van der Waals surface area contributed by atoms with Gasteiger partial charge in [-0.25, -0.2) is 4.98 Å². The third kappa shape index (κ3) is 3.52. The van der Waals surface area contributed by atoms with Crippen LogP contribution in [0.2, 0.25) is 0 Å². The number of anilines is 2. The van der Waals surface area contributed by atoms with Gasteiger partial charge in [-0.05, 0) is 31.2 Å². The van der Waals surface area contributed by atoms with Crippen molar-refractivity contribution < 1.29 is 18.7 Å². The Morgan fingerprint density at radius 3 is 2.93 bits per heavy atom. The maximum absolute atomic E-state index is 12.8. The van der Waals surface area contributed by atoms with E-state index in [9.17, 15) is 9.59 Å². The van der Waals surface area contributed by atoms with Gasteiger partial charge >= 0.3 is 0 Å². The number of para-hydroxylation sites is 1. The van der Waals surface area contributed by atoms with Crippen molar-refractivity contribution in [1.29, 1.82) is 0 Å². The van der Waals surface area contributed by atoms with Gasteiger partial charge in [-0.3, -0.25) is 9.59 Å². The summed E-state index contributed by atoms with van der Waals surface area (Å²) in [6, 6.07) is 12.3. The molecule has 2 aromatic carbocycles. The van der Waals surface area contributed by atoms with E-state index in [1.165, 1.54) is 6.39 Å². The molecular weight excluding hydrogens is 346 g/mol. The van der Waals surface area contributed by atoms with Crippen molar-refractivity contribution in [3.63, 3.8) is 0 Å². The fourth-order valence-electron chi connectivity index (χ4n) is 2.95. The third-order valence-electron chi connectivity index (χ3n) is 4.16. The van der Waals surface area contributed by atoms with Crippen LogP contribution in [0, 0.1) is 0 Å². The van der Waals surface area contributed by atoms with Crippen LogP contribution >= 0.6 is 0 Å². The molecule has 0 radical (unpaired) electrons. The fraction of sp³-hybridized carbons (Fsp3) is 0.150. The van der Waals surface area contributed by atoms with Gasteiger partial charge in [-0.2, -0.15) is 0 Å². The minimum atomic E-state index is -0.329. The number of amides is 2. The molecule has 0 fully saturated rings. The lowest BCUT2D eigenvalue weighted by molar-refractivity contribution is -0.117. The second-order valence-corrected chi connectivity index (χ2v) is 6.26. The number of carbonyl (C=O) groups excluding carboxylic acids is 2. The van der Waals surface area contributed by atoms with Crippen LogP contribution in [0.1, 0.15) is 23.7 Å². The Balaban J connectivity index is 1.62. The number of carbonyl (C=O) groups is 2. The van der Waals surface area contributed by atoms with E-state index in [-0.39, 0.29) is 24.3 Å². The van der Waals surface area contributed by atoms with E-state index in [0.717, 1.165) is 5.56 Å². The highest BCUT2D eigenvalue weighted by atomic mass is 16.5. The van der Waals surface area contributed by atoms with E-state index in [4.69, 9.17) is 9.15 Å². The molecule has 4 rings (SSSR count). The maximum atomic E-state index is 12.8. The molecule has 3 aromatic rings. The molecule has 2 heterocycles. The lowest BCUT2D eigenvalue weighted by Crippen LogP contribution is -2.18. The number of aromatic nitrogens is 1. The van der Waals surface area contributed by atoms with Gasteiger partial charge in [0.05, 0.1) is 23.9 Å². The Labute approximate surface area is 155 Å². The van der Waals surface area contributed by atoms with Crippen molar-refractivity contribution in [3.05, 3.63) is 60.6 Å². The molecule has 27 heavy (non-hydrogen) atoms. The summed E-state index contributed by atoms with van der Waals surface area (Å²) in [4.78, 5) is 28.6. The van der Waals surface area contributed by atoms with Crippen molar-refractivity contribution in [3.8, 4) is 17.1 Å². The topological polar surface area (TPSA) is 93.5 Å². The molecule has 1 unspecified atom stereocenters. The van der Waals surface area contributed by atoms with Crippen molar-refractivity contribution in [2.24, 2.45) is 0 Å². The molecule has 1 aliphatic heterocycles. The summed E-state index contributed by atoms with van der Waals surface area (Å²) in [6.45, 7) is 1.80. The van der Waals surface area contributed by atoms with E-state index in [2.05, 4.69) is 15.6 Å². The van der Waals surface area contributed by atoms with Gasteiger partial charge in [-0.1, -0.05) is 18.2 Å². The third-order valence-corrected chi connectivity index (χ3v) is 4.16. The quantitative estimate of drug-likeness (QED) is 0.740. The zero-order chi connectivity index (χ0) is 18.8. The summed E-state index contributed by atoms with van der Waals surface area (Å²) in [7, 11) is 0. The van der Waals surface area contributed by atoms with Crippen LogP contribution in [-0.2, 0) is 4.79 Å². The zero-order valence-corrected chi connectivity index (χ0v) is 14.6. The molecule has 136 valence electrons. The first kappa shape index (κ1) is 16.8.